The zero-order valence-electron chi connectivity index (χ0n) is 12.1. The molecule has 0 bridgehead atoms. The molecule has 0 saturated carbocycles. The molecule has 1 aromatic carbocycles. The second kappa shape index (κ2) is 6.10. The SMILES string of the molecule is CC(C)(C)NCc1ccn(Cc2cc(F)cc(Br)c2)c1. The highest BCUT2D eigenvalue weighted by atomic mass is 79.9. The van der Waals surface area contributed by atoms with Gasteiger partial charge in [-0.1, -0.05) is 15.9 Å². The highest BCUT2D eigenvalue weighted by molar-refractivity contribution is 9.10. The van der Waals surface area contributed by atoms with Gasteiger partial charge in [-0.2, -0.15) is 0 Å². The molecule has 1 aromatic heterocycles. The van der Waals surface area contributed by atoms with E-state index in [1.807, 2.05) is 12.3 Å². The molecule has 2 nitrogen and oxygen atoms in total. The summed E-state index contributed by atoms with van der Waals surface area (Å²) in [4.78, 5) is 0. The van der Waals surface area contributed by atoms with E-state index in [2.05, 4.69) is 58.8 Å². The van der Waals surface area contributed by atoms with Crippen LogP contribution in [0.3, 0.4) is 0 Å². The highest BCUT2D eigenvalue weighted by Crippen LogP contribution is 2.16. The lowest BCUT2D eigenvalue weighted by molar-refractivity contribution is 0.424. The van der Waals surface area contributed by atoms with Crippen LogP contribution in [0.1, 0.15) is 31.9 Å². The molecule has 0 aliphatic carbocycles. The molecule has 1 heterocycles. The molecule has 0 spiro atoms. The normalized spacial score (nSPS) is 11.8. The maximum atomic E-state index is 13.3. The number of hydrogen-bond donors (Lipinski definition) is 1. The standard InChI is InChI=1S/C16H20BrFN2/c1-16(2,3)19-9-12-4-5-20(10-12)11-13-6-14(17)8-15(18)7-13/h4-8,10,19H,9,11H2,1-3H3. The lowest BCUT2D eigenvalue weighted by Crippen LogP contribution is -2.34. The Balaban J connectivity index is 2.02. The molecule has 108 valence electrons. The smallest absolute Gasteiger partial charge is 0.124 e. The highest BCUT2D eigenvalue weighted by Gasteiger charge is 2.09. The fourth-order valence-electron chi connectivity index (χ4n) is 1.97. The second-order valence-corrected chi connectivity index (χ2v) is 6.99. The van der Waals surface area contributed by atoms with E-state index >= 15 is 0 Å². The van der Waals surface area contributed by atoms with Gasteiger partial charge >= 0.3 is 0 Å². The third-order valence-electron chi connectivity index (χ3n) is 2.92. The van der Waals surface area contributed by atoms with Gasteiger partial charge in [-0.25, -0.2) is 4.39 Å². The van der Waals surface area contributed by atoms with Crippen LogP contribution in [0.2, 0.25) is 0 Å². The molecule has 2 aromatic rings. The summed E-state index contributed by atoms with van der Waals surface area (Å²) in [6, 6.07) is 7.07. The van der Waals surface area contributed by atoms with Crippen molar-refractivity contribution in [3.63, 3.8) is 0 Å². The van der Waals surface area contributed by atoms with Crippen LogP contribution >= 0.6 is 15.9 Å². The summed E-state index contributed by atoms with van der Waals surface area (Å²) in [6.07, 6.45) is 4.12. The van der Waals surface area contributed by atoms with Crippen LogP contribution in [0.25, 0.3) is 0 Å². The van der Waals surface area contributed by atoms with Crippen LogP contribution in [-0.2, 0) is 13.1 Å². The predicted octanol–water partition coefficient (Wildman–Crippen LogP) is 4.33. The molecule has 2 rings (SSSR count). The fourth-order valence-corrected chi connectivity index (χ4v) is 2.49. The largest absolute Gasteiger partial charge is 0.350 e. The molecule has 0 unspecified atom stereocenters. The number of aromatic nitrogens is 1. The Morgan fingerprint density at radius 3 is 2.60 bits per heavy atom. The maximum Gasteiger partial charge on any atom is 0.124 e. The van der Waals surface area contributed by atoms with Gasteiger partial charge in [-0.15, -0.1) is 0 Å². The van der Waals surface area contributed by atoms with E-state index in [1.165, 1.54) is 11.6 Å². The van der Waals surface area contributed by atoms with Gasteiger partial charge in [0.05, 0.1) is 0 Å². The molecule has 4 heteroatoms. The van der Waals surface area contributed by atoms with E-state index in [-0.39, 0.29) is 11.4 Å². The van der Waals surface area contributed by atoms with Crippen LogP contribution in [0.4, 0.5) is 4.39 Å². The van der Waals surface area contributed by atoms with E-state index in [1.54, 1.807) is 6.07 Å². The van der Waals surface area contributed by atoms with Crippen molar-refractivity contribution in [2.24, 2.45) is 0 Å². The van der Waals surface area contributed by atoms with Gasteiger partial charge in [-0.05, 0) is 56.2 Å². The molecular formula is C16H20BrFN2. The first-order chi connectivity index (χ1) is 9.32. The minimum Gasteiger partial charge on any atom is -0.350 e. The van der Waals surface area contributed by atoms with Gasteiger partial charge in [-0.3, -0.25) is 0 Å². The van der Waals surface area contributed by atoms with Gasteiger partial charge in [0.15, 0.2) is 0 Å². The fraction of sp³-hybridized carbons (Fsp3) is 0.375. The first kappa shape index (κ1) is 15.3. The van der Waals surface area contributed by atoms with Crippen molar-refractivity contribution < 1.29 is 4.39 Å². The lowest BCUT2D eigenvalue weighted by atomic mass is 10.1. The number of rotatable bonds is 4. The van der Waals surface area contributed by atoms with Crippen LogP contribution in [0.15, 0.2) is 41.1 Å². The first-order valence-electron chi connectivity index (χ1n) is 6.66. The van der Waals surface area contributed by atoms with E-state index in [4.69, 9.17) is 0 Å². The van der Waals surface area contributed by atoms with Gasteiger partial charge in [0.2, 0.25) is 0 Å². The number of halogens is 2. The number of nitrogens with zero attached hydrogens (tertiary/aromatic N) is 1. The molecule has 1 N–H and O–H groups in total. The van der Waals surface area contributed by atoms with E-state index < -0.39 is 0 Å². The van der Waals surface area contributed by atoms with Crippen molar-refractivity contribution in [3.8, 4) is 0 Å². The van der Waals surface area contributed by atoms with Crippen LogP contribution < -0.4 is 5.32 Å². The van der Waals surface area contributed by atoms with Crippen molar-refractivity contribution >= 4 is 15.9 Å². The minimum atomic E-state index is -0.212. The molecule has 0 atom stereocenters. The first-order valence-corrected chi connectivity index (χ1v) is 7.46. The Hall–Kier alpha value is -1.13. The average molecular weight is 339 g/mol. The summed E-state index contributed by atoms with van der Waals surface area (Å²) in [5.74, 6) is -0.212. The molecule has 0 aliphatic heterocycles. The summed E-state index contributed by atoms with van der Waals surface area (Å²) in [7, 11) is 0. The summed E-state index contributed by atoms with van der Waals surface area (Å²) in [5.41, 5.74) is 2.29. The Bertz CT molecular complexity index is 564. The van der Waals surface area contributed by atoms with Gasteiger partial charge in [0.25, 0.3) is 0 Å². The van der Waals surface area contributed by atoms with E-state index in [0.29, 0.717) is 6.54 Å². The quantitative estimate of drug-likeness (QED) is 0.878. The van der Waals surface area contributed by atoms with Crippen molar-refractivity contribution in [2.45, 2.75) is 39.4 Å². The summed E-state index contributed by atoms with van der Waals surface area (Å²) < 4.78 is 16.2. The molecule has 0 amide bonds. The maximum absolute atomic E-state index is 13.3. The monoisotopic (exact) mass is 338 g/mol. The summed E-state index contributed by atoms with van der Waals surface area (Å²) in [6.45, 7) is 7.95. The van der Waals surface area contributed by atoms with Crippen molar-refractivity contribution in [1.29, 1.82) is 0 Å². The van der Waals surface area contributed by atoms with Crippen molar-refractivity contribution in [3.05, 3.63) is 58.1 Å². The molecular weight excluding hydrogens is 319 g/mol. The third-order valence-corrected chi connectivity index (χ3v) is 3.38. The Morgan fingerprint density at radius 1 is 1.20 bits per heavy atom. The van der Waals surface area contributed by atoms with E-state index in [0.717, 1.165) is 16.6 Å². The van der Waals surface area contributed by atoms with Crippen molar-refractivity contribution in [1.82, 2.24) is 9.88 Å². The number of hydrogen-bond acceptors (Lipinski definition) is 1. The zero-order chi connectivity index (χ0) is 14.8. The Morgan fingerprint density at radius 2 is 1.95 bits per heavy atom. The molecule has 0 aliphatic rings. The predicted molar refractivity (Wildman–Crippen MR) is 84.2 cm³/mol. The minimum absolute atomic E-state index is 0.107. The summed E-state index contributed by atoms with van der Waals surface area (Å²) in [5, 5.41) is 3.45. The number of benzene rings is 1. The summed E-state index contributed by atoms with van der Waals surface area (Å²) >= 11 is 3.32. The lowest BCUT2D eigenvalue weighted by Gasteiger charge is -2.19. The number of nitrogens with one attached hydrogen (secondary N) is 1. The van der Waals surface area contributed by atoms with Gasteiger partial charge in [0, 0.05) is 35.5 Å². The van der Waals surface area contributed by atoms with Crippen LogP contribution in [0.5, 0.6) is 0 Å². The molecule has 0 saturated heterocycles. The second-order valence-electron chi connectivity index (χ2n) is 6.07. The van der Waals surface area contributed by atoms with Crippen molar-refractivity contribution in [2.75, 3.05) is 0 Å². The molecule has 0 radical (unpaired) electrons. The van der Waals surface area contributed by atoms with Gasteiger partial charge < -0.3 is 9.88 Å². The average Bonchev–Trinajstić information content (AvgIpc) is 2.72. The van der Waals surface area contributed by atoms with E-state index in [9.17, 15) is 4.39 Å². The third kappa shape index (κ3) is 4.76. The van der Waals surface area contributed by atoms with Crippen LogP contribution in [0, 0.1) is 5.82 Å². The topological polar surface area (TPSA) is 17.0 Å². The Kier molecular flexibility index (Phi) is 4.66. The molecule has 20 heavy (non-hydrogen) atoms. The Labute approximate surface area is 128 Å². The van der Waals surface area contributed by atoms with Gasteiger partial charge in [0.1, 0.15) is 5.82 Å². The van der Waals surface area contributed by atoms with Crippen LogP contribution in [-0.4, -0.2) is 10.1 Å². The zero-order valence-corrected chi connectivity index (χ0v) is 13.7. The molecule has 0 fully saturated rings.